The summed E-state index contributed by atoms with van der Waals surface area (Å²) in [5, 5.41) is 10.8. The Labute approximate surface area is 186 Å². The van der Waals surface area contributed by atoms with Gasteiger partial charge in [-0.05, 0) is 43.5 Å². The second-order valence-corrected chi connectivity index (χ2v) is 7.75. The Morgan fingerprint density at radius 1 is 0.939 bits per heavy atom. The second kappa shape index (κ2) is 8.93. The van der Waals surface area contributed by atoms with E-state index < -0.39 is 6.61 Å². The largest absolute Gasteiger partial charge is 0.432 e. The molecule has 0 radical (unpaired) electrons. The van der Waals surface area contributed by atoms with Crippen molar-refractivity contribution >= 4 is 17.3 Å². The number of hydrogen-bond donors (Lipinski definition) is 2. The van der Waals surface area contributed by atoms with Crippen molar-refractivity contribution in [2.24, 2.45) is 0 Å². The van der Waals surface area contributed by atoms with Crippen molar-refractivity contribution in [3.05, 3.63) is 60.9 Å². The fourth-order valence-corrected chi connectivity index (χ4v) is 4.02. The van der Waals surface area contributed by atoms with Gasteiger partial charge in [-0.15, -0.1) is 0 Å². The van der Waals surface area contributed by atoms with E-state index in [1.165, 1.54) is 18.6 Å². The van der Waals surface area contributed by atoms with E-state index in [1.54, 1.807) is 22.8 Å². The first kappa shape index (κ1) is 21.0. The molecule has 170 valence electrons. The van der Waals surface area contributed by atoms with Crippen LogP contribution < -0.4 is 15.4 Å². The summed E-state index contributed by atoms with van der Waals surface area (Å²) in [6, 6.07) is 9.50. The lowest BCUT2D eigenvalue weighted by molar-refractivity contribution is -0.0503. The molecule has 33 heavy (non-hydrogen) atoms. The zero-order chi connectivity index (χ0) is 22.8. The molecule has 1 aliphatic rings. The SMILES string of the molecule is Fc1cnn2c(-c3ccc(N[C@H]4CC[C@H](Nc5ncc(OC(F)F)cn5)C4)nc3)cccc12. The first-order chi connectivity index (χ1) is 16.0. The van der Waals surface area contributed by atoms with Crippen LogP contribution in [0, 0.1) is 5.82 Å². The van der Waals surface area contributed by atoms with Gasteiger partial charge in [0.2, 0.25) is 5.95 Å². The van der Waals surface area contributed by atoms with Crippen LogP contribution in [0.15, 0.2) is 55.1 Å². The van der Waals surface area contributed by atoms with E-state index in [4.69, 9.17) is 0 Å². The highest BCUT2D eigenvalue weighted by atomic mass is 19.3. The molecule has 11 heteroatoms. The molecular formula is C22H20F3N7O. The number of pyridine rings is 2. The van der Waals surface area contributed by atoms with Gasteiger partial charge in [-0.3, -0.25) is 0 Å². The zero-order valence-electron chi connectivity index (χ0n) is 17.3. The van der Waals surface area contributed by atoms with Crippen molar-refractivity contribution in [3.63, 3.8) is 0 Å². The average Bonchev–Trinajstić information content (AvgIpc) is 3.41. The van der Waals surface area contributed by atoms with E-state index in [2.05, 4.69) is 35.4 Å². The van der Waals surface area contributed by atoms with Crippen LogP contribution in [-0.4, -0.2) is 43.3 Å². The van der Waals surface area contributed by atoms with E-state index in [0.29, 0.717) is 11.5 Å². The second-order valence-electron chi connectivity index (χ2n) is 7.75. The lowest BCUT2D eigenvalue weighted by Crippen LogP contribution is -2.22. The molecule has 4 aromatic rings. The van der Waals surface area contributed by atoms with Gasteiger partial charge >= 0.3 is 6.61 Å². The highest BCUT2D eigenvalue weighted by Gasteiger charge is 2.25. The number of fused-ring (bicyclic) bond motifs is 1. The summed E-state index contributed by atoms with van der Waals surface area (Å²) in [7, 11) is 0. The number of ether oxygens (including phenoxy) is 1. The number of hydrogen-bond acceptors (Lipinski definition) is 7. The smallest absolute Gasteiger partial charge is 0.387 e. The highest BCUT2D eigenvalue weighted by molar-refractivity contribution is 5.65. The standard InChI is InChI=1S/C22H20F3N7O/c23-17-12-29-32-18(2-1-3-19(17)32)13-4-7-20(26-9-13)30-14-5-6-15(8-14)31-22-27-10-16(11-28-22)33-21(24)25/h1-4,7,9-12,14-15,21H,5-6,8H2,(H,26,30)(H,27,28,31)/t14-,15-/m0/s1. The Morgan fingerprint density at radius 3 is 2.45 bits per heavy atom. The third-order valence-electron chi connectivity index (χ3n) is 5.53. The van der Waals surface area contributed by atoms with Crippen LogP contribution in [-0.2, 0) is 0 Å². The summed E-state index contributed by atoms with van der Waals surface area (Å²) in [6.07, 6.45) is 8.03. The van der Waals surface area contributed by atoms with Crippen LogP contribution in [0.2, 0.25) is 0 Å². The number of rotatable bonds is 7. The molecule has 0 saturated heterocycles. The topological polar surface area (TPSA) is 89.3 Å². The van der Waals surface area contributed by atoms with Gasteiger partial charge in [-0.1, -0.05) is 6.07 Å². The van der Waals surface area contributed by atoms with Crippen LogP contribution in [0.1, 0.15) is 19.3 Å². The molecule has 2 atom stereocenters. The number of alkyl halides is 2. The quantitative estimate of drug-likeness (QED) is 0.428. The third kappa shape index (κ3) is 4.66. The number of halogens is 3. The fourth-order valence-electron chi connectivity index (χ4n) is 4.02. The molecule has 0 aliphatic heterocycles. The van der Waals surface area contributed by atoms with Crippen LogP contribution >= 0.6 is 0 Å². The molecule has 4 aromatic heterocycles. The van der Waals surface area contributed by atoms with Gasteiger partial charge in [0.15, 0.2) is 11.6 Å². The van der Waals surface area contributed by atoms with Crippen LogP contribution in [0.3, 0.4) is 0 Å². The van der Waals surface area contributed by atoms with Gasteiger partial charge in [0.25, 0.3) is 0 Å². The van der Waals surface area contributed by atoms with Gasteiger partial charge in [0, 0.05) is 23.8 Å². The summed E-state index contributed by atoms with van der Waals surface area (Å²) in [4.78, 5) is 12.6. The van der Waals surface area contributed by atoms with Crippen LogP contribution in [0.25, 0.3) is 16.8 Å². The number of nitrogens with one attached hydrogen (secondary N) is 2. The Hall–Kier alpha value is -3.89. The third-order valence-corrected chi connectivity index (χ3v) is 5.53. The van der Waals surface area contributed by atoms with Crippen molar-refractivity contribution in [2.75, 3.05) is 10.6 Å². The summed E-state index contributed by atoms with van der Waals surface area (Å²) < 4.78 is 44.1. The van der Waals surface area contributed by atoms with Crippen molar-refractivity contribution in [2.45, 2.75) is 38.0 Å². The molecule has 0 aromatic carbocycles. The fraction of sp³-hybridized carbons (Fsp3) is 0.273. The number of nitrogens with zero attached hydrogens (tertiary/aromatic N) is 5. The van der Waals surface area contributed by atoms with Gasteiger partial charge in [0.1, 0.15) is 11.3 Å². The summed E-state index contributed by atoms with van der Waals surface area (Å²) in [5.41, 5.74) is 2.00. The monoisotopic (exact) mass is 455 g/mol. The minimum Gasteiger partial charge on any atom is -0.432 e. The van der Waals surface area contributed by atoms with Gasteiger partial charge in [0.05, 0.1) is 24.3 Å². The Balaban J connectivity index is 1.18. The number of anilines is 2. The van der Waals surface area contributed by atoms with Crippen molar-refractivity contribution in [3.8, 4) is 17.0 Å². The molecule has 4 heterocycles. The molecule has 8 nitrogen and oxygen atoms in total. The summed E-state index contributed by atoms with van der Waals surface area (Å²) in [6.45, 7) is -2.90. The molecule has 1 aliphatic carbocycles. The lowest BCUT2D eigenvalue weighted by Gasteiger charge is -2.15. The average molecular weight is 455 g/mol. The number of aromatic nitrogens is 5. The molecule has 0 unspecified atom stereocenters. The van der Waals surface area contributed by atoms with E-state index in [1.807, 2.05) is 18.2 Å². The zero-order valence-corrected chi connectivity index (χ0v) is 17.3. The maximum absolute atomic E-state index is 13.8. The first-order valence-electron chi connectivity index (χ1n) is 10.4. The van der Waals surface area contributed by atoms with Crippen molar-refractivity contribution in [1.82, 2.24) is 24.6 Å². The molecule has 5 rings (SSSR count). The maximum atomic E-state index is 13.8. The van der Waals surface area contributed by atoms with Crippen molar-refractivity contribution in [1.29, 1.82) is 0 Å². The van der Waals surface area contributed by atoms with E-state index in [9.17, 15) is 13.2 Å². The van der Waals surface area contributed by atoms with Gasteiger partial charge in [-0.25, -0.2) is 23.9 Å². The Morgan fingerprint density at radius 2 is 1.73 bits per heavy atom. The van der Waals surface area contributed by atoms with Gasteiger partial charge in [-0.2, -0.15) is 13.9 Å². The summed E-state index contributed by atoms with van der Waals surface area (Å²) >= 11 is 0. The molecule has 0 spiro atoms. The normalized spacial score (nSPS) is 18.1. The molecular weight excluding hydrogens is 435 g/mol. The van der Waals surface area contributed by atoms with Gasteiger partial charge < -0.3 is 15.4 Å². The Bertz CT molecular complexity index is 1230. The lowest BCUT2D eigenvalue weighted by atomic mass is 10.2. The van der Waals surface area contributed by atoms with Crippen molar-refractivity contribution < 1.29 is 17.9 Å². The highest BCUT2D eigenvalue weighted by Crippen LogP contribution is 2.26. The molecule has 1 saturated carbocycles. The van der Waals surface area contributed by atoms with E-state index in [0.717, 1.165) is 36.3 Å². The minimum atomic E-state index is -2.90. The Kier molecular flexibility index (Phi) is 5.68. The predicted molar refractivity (Wildman–Crippen MR) is 116 cm³/mol. The minimum absolute atomic E-state index is 0.0787. The van der Waals surface area contributed by atoms with E-state index in [-0.39, 0.29) is 23.7 Å². The van der Waals surface area contributed by atoms with Crippen LogP contribution in [0.4, 0.5) is 24.9 Å². The molecule has 1 fully saturated rings. The molecule has 2 N–H and O–H groups in total. The first-order valence-corrected chi connectivity index (χ1v) is 10.4. The maximum Gasteiger partial charge on any atom is 0.387 e. The molecule has 0 bridgehead atoms. The predicted octanol–water partition coefficient (Wildman–Crippen LogP) is 4.37. The molecule has 0 amide bonds. The van der Waals surface area contributed by atoms with E-state index >= 15 is 0 Å². The van der Waals surface area contributed by atoms with Crippen LogP contribution in [0.5, 0.6) is 5.75 Å². The summed E-state index contributed by atoms with van der Waals surface area (Å²) in [5.74, 6) is 0.669.